The molecule has 0 radical (unpaired) electrons. The van der Waals surface area contributed by atoms with Crippen molar-refractivity contribution in [3.05, 3.63) is 24.3 Å². The summed E-state index contributed by atoms with van der Waals surface area (Å²) in [5.74, 6) is -0.407. The van der Waals surface area contributed by atoms with Gasteiger partial charge in [0.2, 0.25) is 0 Å². The minimum absolute atomic E-state index is 0.0356. The molecule has 0 aromatic rings. The van der Waals surface area contributed by atoms with Crippen LogP contribution in [0.4, 0.5) is 0 Å². The van der Waals surface area contributed by atoms with Gasteiger partial charge in [0.05, 0.1) is 19.8 Å². The van der Waals surface area contributed by atoms with Crippen LogP contribution in [0.25, 0.3) is 0 Å². The Kier molecular flexibility index (Phi) is 31.6. The van der Waals surface area contributed by atoms with Crippen molar-refractivity contribution < 1.29 is 56.2 Å². The van der Waals surface area contributed by atoms with E-state index in [-0.39, 0.29) is 19.6 Å². The number of unbranched alkanes of at least 4 members (excludes halogenated alkanes) is 19. The maximum Gasteiger partial charge on any atom is 0.397 e. The molecule has 1 heterocycles. The average Bonchev–Trinajstić information content (AvgIpc) is 3.14. The van der Waals surface area contributed by atoms with Crippen LogP contribution in [0.15, 0.2) is 24.3 Å². The topological polar surface area (TPSA) is 178 Å². The Labute approximate surface area is 327 Å². The van der Waals surface area contributed by atoms with Crippen LogP contribution in [0.2, 0.25) is 0 Å². The third-order valence-electron chi connectivity index (χ3n) is 9.58. The van der Waals surface area contributed by atoms with Crippen molar-refractivity contribution in [2.45, 2.75) is 205 Å². The summed E-state index contributed by atoms with van der Waals surface area (Å²) in [4.78, 5) is 12.8. The standard InChI is InChI=1S/C41H76O12S/c1-3-5-7-9-11-13-15-16-17-18-19-20-21-22-24-26-28-30-37(43)51-35(33-49-31-29-27-25-23-14-12-10-8-6-4-2)34-50-41-39(45)40(53-54(46,47)48)38(44)36(32-42)52-41/h11,13,16-17,35-36,38-42,44-45H,3-10,12,14-15,18-34H2,1-2H3,(H,46,47,48)/b13-11-,17-16-. The SMILES string of the molecule is CCCCC/C=C\C/C=C\CCCCCCCCCC(=O)OC(COCCCCCCCCCCCC)COC1OC(CO)C(O)C(OS(=O)(=O)O)C1O. The molecule has 6 unspecified atom stereocenters. The maximum absolute atomic E-state index is 12.8. The number of aliphatic hydroxyl groups excluding tert-OH is 3. The van der Waals surface area contributed by atoms with Gasteiger partial charge in [0.15, 0.2) is 6.29 Å². The van der Waals surface area contributed by atoms with Crippen molar-refractivity contribution in [3.63, 3.8) is 0 Å². The minimum Gasteiger partial charge on any atom is -0.457 e. The molecule has 1 fully saturated rings. The third kappa shape index (κ3) is 27.2. The van der Waals surface area contributed by atoms with Gasteiger partial charge in [-0.1, -0.05) is 141 Å². The van der Waals surface area contributed by atoms with Gasteiger partial charge < -0.3 is 34.3 Å². The summed E-state index contributed by atoms with van der Waals surface area (Å²) in [6, 6.07) is 0. The lowest BCUT2D eigenvalue weighted by atomic mass is 9.99. The first kappa shape index (κ1) is 50.6. The van der Waals surface area contributed by atoms with Crippen LogP contribution < -0.4 is 0 Å². The van der Waals surface area contributed by atoms with Crippen molar-refractivity contribution >= 4 is 16.4 Å². The minimum atomic E-state index is -5.06. The van der Waals surface area contributed by atoms with Crippen molar-refractivity contribution in [2.75, 3.05) is 26.4 Å². The number of esters is 1. The van der Waals surface area contributed by atoms with E-state index in [1.807, 2.05) is 0 Å². The molecule has 0 spiro atoms. The molecule has 1 rings (SSSR count). The molecule has 0 aromatic heterocycles. The van der Waals surface area contributed by atoms with E-state index in [9.17, 15) is 28.5 Å². The highest BCUT2D eigenvalue weighted by molar-refractivity contribution is 7.80. The molecule has 0 aromatic carbocycles. The molecule has 1 saturated heterocycles. The number of carbonyl (C=O) groups is 1. The van der Waals surface area contributed by atoms with Gasteiger partial charge >= 0.3 is 16.4 Å². The predicted molar refractivity (Wildman–Crippen MR) is 211 cm³/mol. The molecule has 0 bridgehead atoms. The van der Waals surface area contributed by atoms with Crippen molar-refractivity contribution in [1.29, 1.82) is 0 Å². The Morgan fingerprint density at radius 2 is 1.22 bits per heavy atom. The van der Waals surface area contributed by atoms with Gasteiger partial charge in [0, 0.05) is 13.0 Å². The van der Waals surface area contributed by atoms with E-state index in [1.165, 1.54) is 89.9 Å². The largest absolute Gasteiger partial charge is 0.457 e. The molecule has 6 atom stereocenters. The quantitative estimate of drug-likeness (QED) is 0.0208. The fraction of sp³-hybridized carbons (Fsp3) is 0.878. The first-order valence-corrected chi connectivity index (χ1v) is 22.5. The van der Waals surface area contributed by atoms with Gasteiger partial charge in [0.25, 0.3) is 0 Å². The van der Waals surface area contributed by atoms with E-state index < -0.39 is 59.8 Å². The second-order valence-electron chi connectivity index (χ2n) is 14.6. The number of allylic oxidation sites excluding steroid dienone is 4. The molecular formula is C41H76O12S. The number of hydrogen-bond acceptors (Lipinski definition) is 11. The van der Waals surface area contributed by atoms with Crippen LogP contribution in [0.3, 0.4) is 0 Å². The molecular weight excluding hydrogens is 717 g/mol. The normalized spacial score (nSPS) is 21.3. The van der Waals surface area contributed by atoms with E-state index in [4.69, 9.17) is 23.5 Å². The fourth-order valence-electron chi connectivity index (χ4n) is 6.35. The van der Waals surface area contributed by atoms with Crippen molar-refractivity contribution in [2.24, 2.45) is 0 Å². The van der Waals surface area contributed by atoms with E-state index in [0.717, 1.165) is 51.4 Å². The smallest absolute Gasteiger partial charge is 0.397 e. The van der Waals surface area contributed by atoms with Gasteiger partial charge in [0.1, 0.15) is 30.5 Å². The second-order valence-corrected chi connectivity index (χ2v) is 15.6. The number of hydrogen-bond donors (Lipinski definition) is 4. The summed E-state index contributed by atoms with van der Waals surface area (Å²) in [6.07, 6.45) is 26.4. The third-order valence-corrected chi connectivity index (χ3v) is 10.0. The highest BCUT2D eigenvalue weighted by atomic mass is 32.3. The molecule has 13 heteroatoms. The zero-order valence-corrected chi connectivity index (χ0v) is 34.4. The van der Waals surface area contributed by atoms with Crippen molar-refractivity contribution in [1.82, 2.24) is 0 Å². The lowest BCUT2D eigenvalue weighted by molar-refractivity contribution is -0.301. The first-order valence-electron chi connectivity index (χ1n) is 21.1. The highest BCUT2D eigenvalue weighted by Gasteiger charge is 2.48. The first-order chi connectivity index (χ1) is 26.1. The Balaban J connectivity index is 2.45. The zero-order valence-electron chi connectivity index (χ0n) is 33.5. The lowest BCUT2D eigenvalue weighted by Gasteiger charge is -2.41. The Morgan fingerprint density at radius 1 is 0.704 bits per heavy atom. The van der Waals surface area contributed by atoms with Gasteiger partial charge in [-0.2, -0.15) is 8.42 Å². The molecule has 4 N–H and O–H groups in total. The van der Waals surface area contributed by atoms with E-state index >= 15 is 0 Å². The Morgan fingerprint density at radius 3 is 1.80 bits per heavy atom. The van der Waals surface area contributed by atoms with Crippen LogP contribution in [0.5, 0.6) is 0 Å². The lowest BCUT2D eigenvalue weighted by Crippen LogP contribution is -2.60. The van der Waals surface area contributed by atoms with Gasteiger partial charge in [-0.3, -0.25) is 9.35 Å². The Hall–Kier alpha value is -1.42. The summed E-state index contributed by atoms with van der Waals surface area (Å²) in [5, 5.41) is 30.6. The highest BCUT2D eigenvalue weighted by Crippen LogP contribution is 2.26. The van der Waals surface area contributed by atoms with Gasteiger partial charge in [-0.25, -0.2) is 4.18 Å². The Bertz CT molecular complexity index is 1050. The fourth-order valence-corrected chi connectivity index (χ4v) is 6.86. The number of rotatable bonds is 36. The molecule has 0 amide bonds. The molecule has 1 aliphatic rings. The molecule has 0 aliphatic carbocycles. The second kappa shape index (κ2) is 33.7. The number of aliphatic hydroxyl groups is 3. The van der Waals surface area contributed by atoms with Crippen LogP contribution in [-0.4, -0.2) is 97.5 Å². The summed E-state index contributed by atoms with van der Waals surface area (Å²) in [6.45, 7) is 3.94. The van der Waals surface area contributed by atoms with E-state index in [1.54, 1.807) is 0 Å². The average molecular weight is 793 g/mol. The van der Waals surface area contributed by atoms with Crippen LogP contribution in [0, 0.1) is 0 Å². The van der Waals surface area contributed by atoms with Gasteiger partial charge in [-0.05, 0) is 44.9 Å². The molecule has 54 heavy (non-hydrogen) atoms. The summed E-state index contributed by atoms with van der Waals surface area (Å²) in [5.41, 5.74) is 0. The zero-order chi connectivity index (χ0) is 39.7. The molecule has 0 saturated carbocycles. The van der Waals surface area contributed by atoms with E-state index in [0.29, 0.717) is 13.0 Å². The summed E-state index contributed by atoms with van der Waals surface area (Å²) < 4.78 is 58.8. The molecule has 1 aliphatic heterocycles. The molecule has 318 valence electrons. The van der Waals surface area contributed by atoms with Crippen molar-refractivity contribution in [3.8, 4) is 0 Å². The monoisotopic (exact) mass is 793 g/mol. The van der Waals surface area contributed by atoms with Crippen LogP contribution in [-0.2, 0) is 38.3 Å². The van der Waals surface area contributed by atoms with E-state index in [2.05, 4.69) is 42.3 Å². The van der Waals surface area contributed by atoms with Gasteiger partial charge in [-0.15, -0.1) is 0 Å². The number of ether oxygens (including phenoxy) is 4. The summed E-state index contributed by atoms with van der Waals surface area (Å²) in [7, 11) is -5.06. The van der Waals surface area contributed by atoms with Crippen LogP contribution in [0.1, 0.15) is 168 Å². The number of carbonyl (C=O) groups excluding carboxylic acids is 1. The summed E-state index contributed by atoms with van der Waals surface area (Å²) >= 11 is 0. The predicted octanol–water partition coefficient (Wildman–Crippen LogP) is 8.07. The maximum atomic E-state index is 12.8. The van der Waals surface area contributed by atoms with Crippen LogP contribution >= 0.6 is 0 Å². The molecule has 12 nitrogen and oxygen atoms in total.